The van der Waals surface area contributed by atoms with Crippen LogP contribution in [0.25, 0.3) is 0 Å². The Labute approximate surface area is 110 Å². The first-order chi connectivity index (χ1) is 9.30. The minimum atomic E-state index is -3.35. The molecule has 0 saturated carbocycles. The van der Waals surface area contributed by atoms with Crippen LogP contribution in [0.15, 0.2) is 18.2 Å². The lowest BCUT2D eigenvalue weighted by atomic mass is 10.2. The molecule has 0 radical (unpaired) electrons. The van der Waals surface area contributed by atoms with Gasteiger partial charge in [0.2, 0.25) is 0 Å². The SMILES string of the molecule is O=[N+]([O-])c1ccc(N2CCOC(F)(F)C2)cc1[N+](=O)[O-]. The number of rotatable bonds is 3. The molecule has 0 atom stereocenters. The molecule has 1 aliphatic heterocycles. The van der Waals surface area contributed by atoms with E-state index in [0.29, 0.717) is 0 Å². The summed E-state index contributed by atoms with van der Waals surface area (Å²) in [5.74, 6) is 0. The fourth-order valence-corrected chi connectivity index (χ4v) is 1.88. The summed E-state index contributed by atoms with van der Waals surface area (Å²) in [6.45, 7) is -0.885. The summed E-state index contributed by atoms with van der Waals surface area (Å²) < 4.78 is 30.4. The van der Waals surface area contributed by atoms with Crippen LogP contribution in [0.2, 0.25) is 0 Å². The molecule has 1 aromatic carbocycles. The van der Waals surface area contributed by atoms with E-state index in [-0.39, 0.29) is 18.8 Å². The van der Waals surface area contributed by atoms with E-state index in [0.717, 1.165) is 12.1 Å². The van der Waals surface area contributed by atoms with Crippen molar-refractivity contribution in [2.75, 3.05) is 24.6 Å². The molecular formula is C10H9F2N3O5. The Morgan fingerprint density at radius 3 is 2.40 bits per heavy atom. The molecule has 20 heavy (non-hydrogen) atoms. The Balaban J connectivity index is 2.36. The average molecular weight is 289 g/mol. The maximum absolute atomic E-state index is 13.1. The highest BCUT2D eigenvalue weighted by Crippen LogP contribution is 2.33. The summed E-state index contributed by atoms with van der Waals surface area (Å²) in [7, 11) is 0. The van der Waals surface area contributed by atoms with E-state index in [1.165, 1.54) is 11.0 Å². The van der Waals surface area contributed by atoms with Crippen molar-refractivity contribution in [3.8, 4) is 0 Å². The van der Waals surface area contributed by atoms with E-state index in [1.54, 1.807) is 0 Å². The maximum atomic E-state index is 13.1. The first-order valence-corrected chi connectivity index (χ1v) is 5.50. The molecule has 108 valence electrons. The van der Waals surface area contributed by atoms with Crippen LogP contribution < -0.4 is 4.90 Å². The van der Waals surface area contributed by atoms with Crippen molar-refractivity contribution in [1.29, 1.82) is 0 Å². The number of nitro groups is 2. The van der Waals surface area contributed by atoms with Crippen molar-refractivity contribution in [3.05, 3.63) is 38.4 Å². The molecule has 1 aliphatic rings. The Hall–Kier alpha value is -2.36. The van der Waals surface area contributed by atoms with Crippen LogP contribution in [0.4, 0.5) is 25.8 Å². The predicted molar refractivity (Wildman–Crippen MR) is 62.9 cm³/mol. The number of hydrogen-bond acceptors (Lipinski definition) is 6. The van der Waals surface area contributed by atoms with Gasteiger partial charge in [0.1, 0.15) is 6.54 Å². The topological polar surface area (TPSA) is 98.8 Å². The van der Waals surface area contributed by atoms with Gasteiger partial charge >= 0.3 is 17.5 Å². The van der Waals surface area contributed by atoms with Crippen LogP contribution in [-0.4, -0.2) is 35.7 Å². The van der Waals surface area contributed by atoms with E-state index < -0.39 is 33.9 Å². The lowest BCUT2D eigenvalue weighted by Crippen LogP contribution is -2.46. The minimum Gasteiger partial charge on any atom is -0.360 e. The van der Waals surface area contributed by atoms with Gasteiger partial charge in [-0.2, -0.15) is 8.78 Å². The Morgan fingerprint density at radius 1 is 1.20 bits per heavy atom. The molecule has 1 fully saturated rings. The molecule has 0 aliphatic carbocycles. The van der Waals surface area contributed by atoms with Crippen molar-refractivity contribution in [2.45, 2.75) is 6.11 Å². The smallest absolute Gasteiger partial charge is 0.360 e. The second-order valence-corrected chi connectivity index (χ2v) is 4.09. The third kappa shape index (κ3) is 2.79. The number of benzene rings is 1. The normalized spacial score (nSPS) is 17.8. The lowest BCUT2D eigenvalue weighted by molar-refractivity contribution is -0.422. The number of alkyl halides is 2. The number of halogens is 2. The molecule has 1 aromatic rings. The van der Waals surface area contributed by atoms with Gasteiger partial charge in [0.15, 0.2) is 0 Å². The van der Waals surface area contributed by atoms with E-state index in [2.05, 4.69) is 4.74 Å². The quantitative estimate of drug-likeness (QED) is 0.622. The standard InChI is InChI=1S/C10H9F2N3O5/c11-10(12)6-13(3-4-20-10)7-1-2-8(14(16)17)9(5-7)15(18)19/h1-2,5H,3-4,6H2. The highest BCUT2D eigenvalue weighted by Gasteiger charge is 2.37. The van der Waals surface area contributed by atoms with Crippen LogP contribution in [0.3, 0.4) is 0 Å². The van der Waals surface area contributed by atoms with Gasteiger partial charge in [0.05, 0.1) is 16.5 Å². The molecular weight excluding hydrogens is 280 g/mol. The summed E-state index contributed by atoms with van der Waals surface area (Å²) in [6, 6.07) is 3.05. The van der Waals surface area contributed by atoms with Crippen LogP contribution in [-0.2, 0) is 4.74 Å². The van der Waals surface area contributed by atoms with Crippen molar-refractivity contribution >= 4 is 17.1 Å². The molecule has 2 rings (SSSR count). The summed E-state index contributed by atoms with van der Waals surface area (Å²) in [4.78, 5) is 20.8. The van der Waals surface area contributed by atoms with E-state index in [4.69, 9.17) is 0 Å². The van der Waals surface area contributed by atoms with E-state index in [1.807, 2.05) is 0 Å². The first-order valence-electron chi connectivity index (χ1n) is 5.50. The van der Waals surface area contributed by atoms with Crippen LogP contribution in [0.1, 0.15) is 0 Å². The zero-order chi connectivity index (χ0) is 14.9. The largest absolute Gasteiger partial charge is 0.373 e. The van der Waals surface area contributed by atoms with Gasteiger partial charge in [-0.3, -0.25) is 20.2 Å². The Kier molecular flexibility index (Phi) is 3.49. The second-order valence-electron chi connectivity index (χ2n) is 4.09. The number of anilines is 1. The minimum absolute atomic E-state index is 0.116. The van der Waals surface area contributed by atoms with Crippen LogP contribution >= 0.6 is 0 Å². The van der Waals surface area contributed by atoms with Crippen molar-refractivity contribution in [2.24, 2.45) is 0 Å². The Morgan fingerprint density at radius 2 is 1.85 bits per heavy atom. The molecule has 1 heterocycles. The molecule has 0 unspecified atom stereocenters. The number of hydrogen-bond donors (Lipinski definition) is 0. The molecule has 0 aromatic heterocycles. The van der Waals surface area contributed by atoms with Gasteiger partial charge in [0.25, 0.3) is 0 Å². The number of ether oxygens (including phenoxy) is 1. The van der Waals surface area contributed by atoms with E-state index >= 15 is 0 Å². The zero-order valence-electron chi connectivity index (χ0n) is 9.99. The molecule has 0 N–H and O–H groups in total. The summed E-state index contributed by atoms with van der Waals surface area (Å²) in [5, 5.41) is 21.5. The highest BCUT2D eigenvalue weighted by atomic mass is 19.3. The van der Waals surface area contributed by atoms with Gasteiger partial charge in [-0.1, -0.05) is 0 Å². The summed E-state index contributed by atoms with van der Waals surface area (Å²) in [6.07, 6.45) is -3.35. The number of nitro benzene ring substituents is 2. The Bertz CT molecular complexity index is 566. The van der Waals surface area contributed by atoms with Gasteiger partial charge in [0, 0.05) is 24.4 Å². The third-order valence-electron chi connectivity index (χ3n) is 2.77. The van der Waals surface area contributed by atoms with Crippen molar-refractivity contribution in [1.82, 2.24) is 0 Å². The van der Waals surface area contributed by atoms with Crippen LogP contribution in [0.5, 0.6) is 0 Å². The molecule has 0 bridgehead atoms. The van der Waals surface area contributed by atoms with Gasteiger partial charge in [-0.05, 0) is 6.07 Å². The maximum Gasteiger partial charge on any atom is 0.373 e. The van der Waals surface area contributed by atoms with Gasteiger partial charge in [-0.25, -0.2) is 0 Å². The van der Waals surface area contributed by atoms with E-state index in [9.17, 15) is 29.0 Å². The molecule has 10 heteroatoms. The summed E-state index contributed by atoms with van der Waals surface area (Å²) >= 11 is 0. The number of nitrogens with zero attached hydrogens (tertiary/aromatic N) is 3. The van der Waals surface area contributed by atoms with Crippen molar-refractivity contribution < 1.29 is 23.4 Å². The lowest BCUT2D eigenvalue weighted by Gasteiger charge is -2.33. The fraction of sp³-hybridized carbons (Fsp3) is 0.400. The molecule has 0 amide bonds. The van der Waals surface area contributed by atoms with Crippen LogP contribution in [0, 0.1) is 20.2 Å². The summed E-state index contributed by atoms with van der Waals surface area (Å²) in [5.41, 5.74) is -1.30. The number of morpholine rings is 1. The molecule has 8 nitrogen and oxygen atoms in total. The second kappa shape index (κ2) is 4.96. The van der Waals surface area contributed by atoms with Gasteiger partial charge < -0.3 is 9.64 Å². The van der Waals surface area contributed by atoms with Crippen molar-refractivity contribution in [3.63, 3.8) is 0 Å². The average Bonchev–Trinajstić information content (AvgIpc) is 2.36. The fourth-order valence-electron chi connectivity index (χ4n) is 1.88. The zero-order valence-corrected chi connectivity index (χ0v) is 9.99. The van der Waals surface area contributed by atoms with Gasteiger partial charge in [-0.15, -0.1) is 0 Å². The monoisotopic (exact) mass is 289 g/mol. The third-order valence-corrected chi connectivity index (χ3v) is 2.77. The first kappa shape index (κ1) is 14.1. The highest BCUT2D eigenvalue weighted by molar-refractivity contribution is 5.63. The molecule has 0 spiro atoms. The molecule has 1 saturated heterocycles. The predicted octanol–water partition coefficient (Wildman–Crippen LogP) is 1.93.